The van der Waals surface area contributed by atoms with Crippen molar-refractivity contribution in [3.63, 3.8) is 0 Å². The van der Waals surface area contributed by atoms with Crippen LogP contribution in [0.2, 0.25) is 0 Å². The number of nitrogens with one attached hydrogen (secondary N) is 4. The largest absolute Gasteiger partial charge is 0.321 e. The lowest BCUT2D eigenvalue weighted by Gasteiger charge is -2.08. The molecular weight excluding hydrogens is 626 g/mol. The van der Waals surface area contributed by atoms with Gasteiger partial charge in [0.1, 0.15) is 22.8 Å². The number of imidazole rings is 1. The summed E-state index contributed by atoms with van der Waals surface area (Å²) in [6.45, 7) is -0.0837. The Hall–Kier alpha value is -5.86. The van der Waals surface area contributed by atoms with E-state index in [1.54, 1.807) is 54.7 Å². The van der Waals surface area contributed by atoms with Gasteiger partial charge in [-0.1, -0.05) is 18.2 Å². The fourth-order valence-corrected chi connectivity index (χ4v) is 5.70. The summed E-state index contributed by atoms with van der Waals surface area (Å²) in [4.78, 5) is 29.2. The molecule has 234 valence electrons. The molecule has 0 saturated carbocycles. The first-order valence-electron chi connectivity index (χ1n) is 14.2. The van der Waals surface area contributed by atoms with Crippen LogP contribution in [0.4, 0.5) is 14.5 Å². The number of hydrogen-bond donors (Lipinski definition) is 4. The van der Waals surface area contributed by atoms with Crippen molar-refractivity contribution < 1.29 is 22.0 Å². The van der Waals surface area contributed by atoms with Gasteiger partial charge in [-0.25, -0.2) is 31.9 Å². The van der Waals surface area contributed by atoms with Crippen LogP contribution in [-0.4, -0.2) is 50.7 Å². The van der Waals surface area contributed by atoms with Crippen LogP contribution in [0.1, 0.15) is 15.9 Å². The molecule has 47 heavy (non-hydrogen) atoms. The van der Waals surface area contributed by atoms with Crippen molar-refractivity contribution in [1.82, 2.24) is 34.9 Å². The number of carbonyl (C=O) groups is 1. The molecule has 1 amide bonds. The molecule has 4 N–H and O–H groups in total. The molecule has 4 heterocycles. The van der Waals surface area contributed by atoms with Crippen LogP contribution in [0.25, 0.3) is 55.8 Å². The van der Waals surface area contributed by atoms with E-state index >= 15 is 4.39 Å². The van der Waals surface area contributed by atoms with E-state index in [1.165, 1.54) is 30.6 Å². The molecule has 4 aromatic heterocycles. The van der Waals surface area contributed by atoms with E-state index in [4.69, 9.17) is 4.98 Å². The highest BCUT2D eigenvalue weighted by Crippen LogP contribution is 2.34. The topological polar surface area (TPSA) is 158 Å². The monoisotopic (exact) mass is 650 g/mol. The quantitative estimate of drug-likeness (QED) is 0.162. The smallest absolute Gasteiger partial charge is 0.255 e. The van der Waals surface area contributed by atoms with Gasteiger partial charge in [0.2, 0.25) is 10.0 Å². The van der Waals surface area contributed by atoms with E-state index in [0.29, 0.717) is 67.1 Å². The Labute approximate surface area is 266 Å². The predicted octanol–water partition coefficient (Wildman–Crippen LogP) is 5.81. The van der Waals surface area contributed by atoms with Gasteiger partial charge in [0.25, 0.3) is 5.91 Å². The van der Waals surface area contributed by atoms with Crippen LogP contribution in [0.3, 0.4) is 0 Å². The van der Waals surface area contributed by atoms with E-state index in [2.05, 4.69) is 35.2 Å². The molecule has 14 heteroatoms. The zero-order valence-corrected chi connectivity index (χ0v) is 25.4. The fourth-order valence-electron chi connectivity index (χ4n) is 5.27. The molecule has 7 rings (SSSR count). The van der Waals surface area contributed by atoms with Crippen LogP contribution >= 0.6 is 0 Å². The molecule has 0 bridgehead atoms. The third kappa shape index (κ3) is 6.19. The van der Waals surface area contributed by atoms with Gasteiger partial charge in [0, 0.05) is 52.6 Å². The summed E-state index contributed by atoms with van der Waals surface area (Å²) in [7, 11) is -3.48. The van der Waals surface area contributed by atoms with Crippen LogP contribution < -0.4 is 10.0 Å². The Morgan fingerprint density at radius 2 is 1.77 bits per heavy atom. The highest BCUT2D eigenvalue weighted by atomic mass is 32.2. The van der Waals surface area contributed by atoms with Crippen molar-refractivity contribution in [2.24, 2.45) is 0 Å². The number of aromatic nitrogens is 6. The standard InChI is InChI=1S/C33H24F2N8O3S/c1-47(45,46)38-15-18-9-20(11-22(34)10-18)24-7-8-37-31-29(24)40-32(41-31)30-26-13-25(27(35)14-28(26)42-43-30)21-12-23(17-36-16-21)39-33(44)19-5-3-2-4-6-19/h2-14,16-17,38H,15H2,1H3,(H,39,44)(H,42,43)(H,37,40,41). The molecule has 0 radical (unpaired) electrons. The fraction of sp³-hybridized carbons (Fsp3) is 0.0606. The van der Waals surface area contributed by atoms with Crippen LogP contribution in [0.5, 0.6) is 0 Å². The number of nitrogens with zero attached hydrogens (tertiary/aromatic N) is 4. The Morgan fingerprint density at radius 3 is 2.57 bits per heavy atom. The summed E-state index contributed by atoms with van der Waals surface area (Å²) in [5.41, 5.74) is 4.64. The first-order chi connectivity index (χ1) is 22.6. The molecule has 0 aliphatic heterocycles. The highest BCUT2D eigenvalue weighted by Gasteiger charge is 2.19. The van der Waals surface area contributed by atoms with Crippen molar-refractivity contribution in [3.8, 4) is 33.8 Å². The van der Waals surface area contributed by atoms with E-state index in [0.717, 1.165) is 6.26 Å². The summed E-state index contributed by atoms with van der Waals surface area (Å²) in [5, 5.41) is 10.6. The Morgan fingerprint density at radius 1 is 0.936 bits per heavy atom. The predicted molar refractivity (Wildman–Crippen MR) is 174 cm³/mol. The van der Waals surface area contributed by atoms with E-state index in [1.807, 2.05) is 6.07 Å². The third-order valence-electron chi connectivity index (χ3n) is 7.41. The van der Waals surface area contributed by atoms with Crippen molar-refractivity contribution in [2.45, 2.75) is 6.54 Å². The summed E-state index contributed by atoms with van der Waals surface area (Å²) in [6, 6.07) is 19.2. The Balaban J connectivity index is 1.25. The average Bonchev–Trinajstić information content (AvgIpc) is 3.67. The second-order valence-corrected chi connectivity index (χ2v) is 12.6. The lowest BCUT2D eigenvalue weighted by molar-refractivity contribution is 0.102. The number of amides is 1. The highest BCUT2D eigenvalue weighted by molar-refractivity contribution is 7.88. The number of aromatic amines is 2. The Kier molecular flexibility index (Phi) is 7.50. The molecule has 3 aromatic carbocycles. The molecule has 0 spiro atoms. The zero-order chi connectivity index (χ0) is 32.7. The zero-order valence-electron chi connectivity index (χ0n) is 24.5. The van der Waals surface area contributed by atoms with Crippen molar-refractivity contribution >= 4 is 43.7 Å². The average molecular weight is 651 g/mol. The second kappa shape index (κ2) is 11.8. The second-order valence-electron chi connectivity index (χ2n) is 10.8. The van der Waals surface area contributed by atoms with E-state index < -0.39 is 21.7 Å². The molecule has 0 atom stereocenters. The molecule has 0 fully saturated rings. The van der Waals surface area contributed by atoms with Gasteiger partial charge in [-0.15, -0.1) is 0 Å². The van der Waals surface area contributed by atoms with E-state index in [9.17, 15) is 17.6 Å². The maximum Gasteiger partial charge on any atom is 0.255 e. The summed E-state index contributed by atoms with van der Waals surface area (Å²) < 4.78 is 55.5. The van der Waals surface area contributed by atoms with Gasteiger partial charge in [0.05, 0.1) is 23.7 Å². The number of rotatable bonds is 8. The SMILES string of the molecule is CS(=O)(=O)NCc1cc(F)cc(-c2ccnc3[nH]c(-c4n[nH]c5cc(F)c(-c6cncc(NC(=O)c7ccccc7)c6)cc45)nc23)c1. The molecule has 0 aliphatic carbocycles. The molecule has 0 unspecified atom stereocenters. The molecular formula is C33H24F2N8O3S. The van der Waals surface area contributed by atoms with Crippen LogP contribution in [-0.2, 0) is 16.6 Å². The minimum Gasteiger partial charge on any atom is -0.321 e. The number of pyridine rings is 2. The number of H-pyrrole nitrogens is 2. The molecule has 0 saturated heterocycles. The number of carbonyl (C=O) groups excluding carboxylic acids is 1. The molecule has 11 nitrogen and oxygen atoms in total. The van der Waals surface area contributed by atoms with Crippen LogP contribution in [0, 0.1) is 11.6 Å². The normalized spacial score (nSPS) is 11.7. The first kappa shape index (κ1) is 29.8. The number of halogens is 2. The minimum absolute atomic E-state index is 0.0837. The number of benzene rings is 3. The summed E-state index contributed by atoms with van der Waals surface area (Å²) >= 11 is 0. The van der Waals surface area contributed by atoms with Crippen molar-refractivity contribution in [1.29, 1.82) is 0 Å². The number of anilines is 1. The maximum atomic E-state index is 15.4. The van der Waals surface area contributed by atoms with Gasteiger partial charge in [0.15, 0.2) is 11.5 Å². The number of hydrogen-bond acceptors (Lipinski definition) is 7. The number of fused-ring (bicyclic) bond motifs is 2. The molecule has 0 aliphatic rings. The third-order valence-corrected chi connectivity index (χ3v) is 8.08. The summed E-state index contributed by atoms with van der Waals surface area (Å²) in [6.07, 6.45) is 5.55. The van der Waals surface area contributed by atoms with E-state index in [-0.39, 0.29) is 18.0 Å². The first-order valence-corrected chi connectivity index (χ1v) is 16.1. The number of sulfonamides is 1. The Bertz CT molecular complexity index is 2430. The maximum absolute atomic E-state index is 15.4. The van der Waals surface area contributed by atoms with Gasteiger partial charge in [-0.2, -0.15) is 5.10 Å². The lowest BCUT2D eigenvalue weighted by atomic mass is 10.0. The van der Waals surface area contributed by atoms with Crippen LogP contribution in [0.15, 0.2) is 91.4 Å². The molecule has 7 aromatic rings. The van der Waals surface area contributed by atoms with Gasteiger partial charge in [-0.3, -0.25) is 14.9 Å². The minimum atomic E-state index is -3.48. The van der Waals surface area contributed by atoms with Gasteiger partial charge in [-0.05, 0) is 59.7 Å². The van der Waals surface area contributed by atoms with Crippen molar-refractivity contribution in [2.75, 3.05) is 11.6 Å². The van der Waals surface area contributed by atoms with Gasteiger partial charge >= 0.3 is 0 Å². The summed E-state index contributed by atoms with van der Waals surface area (Å²) in [5.74, 6) is -1.06. The van der Waals surface area contributed by atoms with Crippen molar-refractivity contribution in [3.05, 3.63) is 114 Å². The van der Waals surface area contributed by atoms with Gasteiger partial charge < -0.3 is 10.3 Å². The lowest BCUT2D eigenvalue weighted by Crippen LogP contribution is -2.21.